The molecule has 1 saturated heterocycles. The molecule has 2 aromatic heterocycles. The Labute approximate surface area is 193 Å². The van der Waals surface area contributed by atoms with E-state index in [0.29, 0.717) is 15.3 Å². The molecular weight excluding hydrogens is 464 g/mol. The van der Waals surface area contributed by atoms with E-state index in [1.54, 1.807) is 17.0 Å². The summed E-state index contributed by atoms with van der Waals surface area (Å²) in [6.07, 6.45) is 3.46. The zero-order valence-corrected chi connectivity index (χ0v) is 19.0. The van der Waals surface area contributed by atoms with Crippen molar-refractivity contribution in [3.05, 3.63) is 61.1 Å². The highest BCUT2D eigenvalue weighted by Gasteiger charge is 2.52. The van der Waals surface area contributed by atoms with Crippen LogP contribution in [0.2, 0.25) is 0 Å². The lowest BCUT2D eigenvalue weighted by molar-refractivity contribution is -0.134. The summed E-state index contributed by atoms with van der Waals surface area (Å²) in [5.74, 6) is -0.942. The number of carbonyl (C=O) groups is 1. The summed E-state index contributed by atoms with van der Waals surface area (Å²) >= 11 is 1.32. The van der Waals surface area contributed by atoms with Gasteiger partial charge in [0.05, 0.1) is 20.8 Å². The van der Waals surface area contributed by atoms with Crippen molar-refractivity contribution in [1.29, 1.82) is 0 Å². The maximum absolute atomic E-state index is 13.5. The lowest BCUT2D eigenvalue weighted by atomic mass is 9.98. The van der Waals surface area contributed by atoms with Crippen LogP contribution in [0, 0.1) is 0 Å². The molecule has 0 bridgehead atoms. The van der Waals surface area contributed by atoms with Gasteiger partial charge in [-0.3, -0.25) is 14.6 Å². The number of amides is 1. The maximum atomic E-state index is 13.5. The molecule has 0 radical (unpaired) electrons. The first kappa shape index (κ1) is 21.7. The molecule has 33 heavy (non-hydrogen) atoms. The molecule has 1 amide bonds. The number of benzene rings is 2. The maximum Gasteiger partial charge on any atom is 0.265 e. The third-order valence-electron chi connectivity index (χ3n) is 5.86. The third kappa shape index (κ3) is 3.62. The fourth-order valence-corrected chi connectivity index (χ4v) is 6.99. The Morgan fingerprint density at radius 1 is 1.15 bits per heavy atom. The second-order valence-electron chi connectivity index (χ2n) is 7.71. The number of thiazole rings is 1. The van der Waals surface area contributed by atoms with Crippen LogP contribution >= 0.6 is 11.3 Å². The largest absolute Gasteiger partial charge is 0.381 e. The Kier molecular flexibility index (Phi) is 5.49. The number of carbonyl (C=O) groups excluding carboxylic acids is 1. The van der Waals surface area contributed by atoms with E-state index in [4.69, 9.17) is 4.74 Å². The number of hydrogen-bond donors (Lipinski definition) is 2. The molecule has 0 saturated carbocycles. The molecule has 0 unspecified atom stereocenters. The van der Waals surface area contributed by atoms with E-state index in [0.717, 1.165) is 11.3 Å². The number of sulfone groups is 1. The van der Waals surface area contributed by atoms with Crippen molar-refractivity contribution >= 4 is 37.3 Å². The minimum absolute atomic E-state index is 0.00584. The van der Waals surface area contributed by atoms with Gasteiger partial charge in [-0.1, -0.05) is 41.7 Å². The monoisotopic (exact) mass is 484 g/mol. The molecule has 9 nitrogen and oxygen atoms in total. The normalized spacial score (nSPS) is 16.0. The van der Waals surface area contributed by atoms with Crippen molar-refractivity contribution in [3.8, 4) is 16.4 Å². The SMILES string of the molecule is O=C(NO)C1(S(=O)(=O)c2ccc3nc(-n4cnc(-c5ccccc5)c4)sc3c2)CCOCC1. The predicted molar refractivity (Wildman–Crippen MR) is 122 cm³/mol. The van der Waals surface area contributed by atoms with Crippen LogP contribution in [0.4, 0.5) is 0 Å². The smallest absolute Gasteiger partial charge is 0.265 e. The van der Waals surface area contributed by atoms with Crippen molar-refractivity contribution in [1.82, 2.24) is 20.0 Å². The molecule has 3 heterocycles. The van der Waals surface area contributed by atoms with E-state index in [2.05, 4.69) is 9.97 Å². The molecule has 0 spiro atoms. The Hall–Kier alpha value is -3.12. The minimum Gasteiger partial charge on any atom is -0.381 e. The summed E-state index contributed by atoms with van der Waals surface area (Å²) < 4.78 is 33.0. The van der Waals surface area contributed by atoms with E-state index in [-0.39, 0.29) is 31.0 Å². The van der Waals surface area contributed by atoms with Gasteiger partial charge in [-0.2, -0.15) is 0 Å². The van der Waals surface area contributed by atoms with Crippen molar-refractivity contribution < 1.29 is 23.2 Å². The second kappa shape index (κ2) is 8.34. The highest BCUT2D eigenvalue weighted by Crippen LogP contribution is 2.37. The van der Waals surface area contributed by atoms with Crippen LogP contribution in [0.15, 0.2) is 66.0 Å². The van der Waals surface area contributed by atoms with Crippen LogP contribution in [-0.2, 0) is 19.4 Å². The quantitative estimate of drug-likeness (QED) is 0.330. The van der Waals surface area contributed by atoms with Crippen molar-refractivity contribution in [2.24, 2.45) is 0 Å². The Morgan fingerprint density at radius 3 is 2.64 bits per heavy atom. The first-order valence-electron chi connectivity index (χ1n) is 10.2. The van der Waals surface area contributed by atoms with E-state index in [9.17, 15) is 18.4 Å². The van der Waals surface area contributed by atoms with Crippen LogP contribution in [0.3, 0.4) is 0 Å². The second-order valence-corrected chi connectivity index (χ2v) is 11.0. The average Bonchev–Trinajstić information content (AvgIpc) is 3.51. The molecule has 4 aromatic rings. The summed E-state index contributed by atoms with van der Waals surface area (Å²) in [5.41, 5.74) is 3.95. The van der Waals surface area contributed by atoms with Gasteiger partial charge in [0.2, 0.25) is 0 Å². The van der Waals surface area contributed by atoms with E-state index in [1.165, 1.54) is 28.9 Å². The standard InChI is InChI=1S/C22H20N4O5S2/c27-20(25-28)22(8-10-31-11-9-22)33(29,30)16-6-7-17-19(12-16)32-21(24-17)26-13-18(23-14-26)15-4-2-1-3-5-15/h1-7,12-14,28H,8-11H2,(H,25,27). The van der Waals surface area contributed by atoms with Crippen LogP contribution < -0.4 is 5.48 Å². The van der Waals surface area contributed by atoms with E-state index in [1.807, 2.05) is 36.5 Å². The van der Waals surface area contributed by atoms with Crippen molar-refractivity contribution in [3.63, 3.8) is 0 Å². The number of imidazole rings is 1. The fraction of sp³-hybridized carbons (Fsp3) is 0.227. The number of fused-ring (bicyclic) bond motifs is 1. The predicted octanol–water partition coefficient (Wildman–Crippen LogP) is 2.98. The van der Waals surface area contributed by atoms with Crippen molar-refractivity contribution in [2.75, 3.05) is 13.2 Å². The molecule has 0 aliphatic carbocycles. The third-order valence-corrected chi connectivity index (χ3v) is 9.39. The zero-order chi connectivity index (χ0) is 23.1. The molecule has 1 aliphatic heterocycles. The van der Waals surface area contributed by atoms with Gasteiger partial charge >= 0.3 is 0 Å². The van der Waals surface area contributed by atoms with Crippen molar-refractivity contribution in [2.45, 2.75) is 22.5 Å². The Bertz CT molecular complexity index is 1420. The van der Waals surface area contributed by atoms with Gasteiger partial charge in [-0.05, 0) is 31.0 Å². The number of hydrogen-bond acceptors (Lipinski definition) is 8. The number of aromatic nitrogens is 3. The van der Waals surface area contributed by atoms with Gasteiger partial charge in [0.15, 0.2) is 19.7 Å². The number of nitrogens with zero attached hydrogens (tertiary/aromatic N) is 3. The molecule has 170 valence electrons. The summed E-state index contributed by atoms with van der Waals surface area (Å²) in [6.45, 7) is 0.230. The van der Waals surface area contributed by atoms with Gasteiger partial charge in [-0.25, -0.2) is 23.9 Å². The highest BCUT2D eigenvalue weighted by atomic mass is 32.2. The zero-order valence-electron chi connectivity index (χ0n) is 17.3. The first-order valence-corrected chi connectivity index (χ1v) is 12.5. The average molecular weight is 485 g/mol. The van der Waals surface area contributed by atoms with Crippen LogP contribution in [0.25, 0.3) is 26.6 Å². The van der Waals surface area contributed by atoms with Gasteiger partial charge in [-0.15, -0.1) is 0 Å². The van der Waals surface area contributed by atoms with E-state index >= 15 is 0 Å². The first-order chi connectivity index (χ1) is 15.9. The Balaban J connectivity index is 1.52. The number of ether oxygens (including phenoxy) is 1. The molecule has 11 heteroatoms. The molecule has 0 atom stereocenters. The van der Waals surface area contributed by atoms with Crippen LogP contribution in [0.1, 0.15) is 12.8 Å². The van der Waals surface area contributed by atoms with Gasteiger partial charge in [0, 0.05) is 25.0 Å². The lowest BCUT2D eigenvalue weighted by Gasteiger charge is -2.34. The van der Waals surface area contributed by atoms with Gasteiger partial charge < -0.3 is 4.74 Å². The fourth-order valence-electron chi connectivity index (χ4n) is 4.00. The number of hydroxylamine groups is 1. The van der Waals surface area contributed by atoms with Gasteiger partial charge in [0.25, 0.3) is 5.91 Å². The summed E-state index contributed by atoms with van der Waals surface area (Å²) in [6, 6.07) is 14.4. The molecule has 2 aromatic carbocycles. The molecule has 2 N–H and O–H groups in total. The van der Waals surface area contributed by atoms with E-state index < -0.39 is 20.5 Å². The molecular formula is C22H20N4O5S2. The summed E-state index contributed by atoms with van der Waals surface area (Å²) in [5, 5.41) is 9.87. The Morgan fingerprint density at radius 2 is 1.91 bits per heavy atom. The molecule has 1 aliphatic rings. The highest BCUT2D eigenvalue weighted by molar-refractivity contribution is 7.93. The minimum atomic E-state index is -4.11. The molecule has 1 fully saturated rings. The van der Waals surface area contributed by atoms with Crippen LogP contribution in [0.5, 0.6) is 0 Å². The van der Waals surface area contributed by atoms with Crippen LogP contribution in [-0.4, -0.2) is 52.0 Å². The number of rotatable bonds is 5. The summed E-state index contributed by atoms with van der Waals surface area (Å²) in [4.78, 5) is 21.5. The number of nitrogens with one attached hydrogen (secondary N) is 1. The molecule has 5 rings (SSSR count). The summed E-state index contributed by atoms with van der Waals surface area (Å²) in [7, 11) is -4.11. The topological polar surface area (TPSA) is 123 Å². The lowest BCUT2D eigenvalue weighted by Crippen LogP contribution is -2.54. The van der Waals surface area contributed by atoms with Gasteiger partial charge in [0.1, 0.15) is 6.33 Å².